The highest BCUT2D eigenvalue weighted by Crippen LogP contribution is 2.44. The summed E-state index contributed by atoms with van der Waals surface area (Å²) in [6.45, 7) is 4.11. The topological polar surface area (TPSA) is 88.8 Å². The molecule has 2 saturated heterocycles. The van der Waals surface area contributed by atoms with E-state index in [2.05, 4.69) is 32.4 Å². The molecule has 0 saturated carbocycles. The Morgan fingerprint density at radius 1 is 1.26 bits per heavy atom. The summed E-state index contributed by atoms with van der Waals surface area (Å²) in [7, 11) is 0. The molecular formula is C23H25FN6O. The van der Waals surface area contributed by atoms with Gasteiger partial charge in [-0.15, -0.1) is 10.2 Å². The number of benzene rings is 1. The Kier molecular flexibility index (Phi) is 4.62. The lowest BCUT2D eigenvalue weighted by Crippen LogP contribution is -2.66. The molecule has 0 aliphatic carbocycles. The van der Waals surface area contributed by atoms with Crippen molar-refractivity contribution < 1.29 is 9.50 Å². The smallest absolute Gasteiger partial charge is 0.174 e. The molecule has 2 N–H and O–H groups in total. The van der Waals surface area contributed by atoms with Gasteiger partial charge in [0.05, 0.1) is 23.8 Å². The molecule has 7 nitrogen and oxygen atoms in total. The van der Waals surface area contributed by atoms with E-state index >= 15 is 4.39 Å². The number of fused-ring (bicyclic) bond motifs is 2. The van der Waals surface area contributed by atoms with Gasteiger partial charge in [0, 0.05) is 29.6 Å². The van der Waals surface area contributed by atoms with Crippen LogP contribution < -0.4 is 5.32 Å². The van der Waals surface area contributed by atoms with Crippen molar-refractivity contribution in [2.24, 2.45) is 0 Å². The number of phenols is 1. The first kappa shape index (κ1) is 19.8. The van der Waals surface area contributed by atoms with Gasteiger partial charge in [0.2, 0.25) is 0 Å². The molecule has 8 heteroatoms. The van der Waals surface area contributed by atoms with Crippen LogP contribution in [0.5, 0.6) is 5.75 Å². The molecule has 0 radical (unpaired) electrons. The van der Waals surface area contributed by atoms with Gasteiger partial charge in [-0.2, -0.15) is 0 Å². The highest BCUT2D eigenvalue weighted by Gasteiger charge is 2.50. The first-order valence-corrected chi connectivity index (χ1v) is 10.5. The lowest BCUT2D eigenvalue weighted by atomic mass is 9.68. The number of aromatic nitrogens is 5. The molecule has 2 aliphatic rings. The zero-order chi connectivity index (χ0) is 21.6. The van der Waals surface area contributed by atoms with Gasteiger partial charge in [-0.05, 0) is 63.3 Å². The number of halogens is 1. The fraction of sp³-hybridized carbons (Fsp3) is 0.391. The summed E-state index contributed by atoms with van der Waals surface area (Å²) >= 11 is 0. The molecule has 2 aromatic heterocycles. The van der Waals surface area contributed by atoms with E-state index < -0.39 is 11.7 Å². The lowest BCUT2D eigenvalue weighted by molar-refractivity contribution is 0.0555. The van der Waals surface area contributed by atoms with Crippen molar-refractivity contribution >= 4 is 6.08 Å². The monoisotopic (exact) mass is 420 g/mol. The van der Waals surface area contributed by atoms with Crippen LogP contribution in [0.1, 0.15) is 45.4 Å². The molecule has 0 amide bonds. The third kappa shape index (κ3) is 3.61. The number of nitrogens with zero attached hydrogens (tertiary/aromatic N) is 5. The quantitative estimate of drug-likeness (QED) is 0.669. The molecule has 1 aromatic carbocycles. The Bertz CT molecular complexity index is 1130. The number of aromatic hydroxyl groups is 1. The van der Waals surface area contributed by atoms with Crippen molar-refractivity contribution in [3.8, 4) is 22.7 Å². The fourth-order valence-electron chi connectivity index (χ4n) is 5.00. The van der Waals surface area contributed by atoms with Crippen LogP contribution in [0.3, 0.4) is 0 Å². The molecule has 2 fully saturated rings. The van der Waals surface area contributed by atoms with E-state index in [9.17, 15) is 5.11 Å². The summed E-state index contributed by atoms with van der Waals surface area (Å²) in [6.07, 6.45) is 10.8. The molecule has 31 heavy (non-hydrogen) atoms. The average Bonchev–Trinajstić information content (AvgIpc) is 3.27. The van der Waals surface area contributed by atoms with Crippen molar-refractivity contribution in [3.05, 3.63) is 54.5 Å². The largest absolute Gasteiger partial charge is 0.507 e. The van der Waals surface area contributed by atoms with Crippen molar-refractivity contribution in [1.29, 1.82) is 0 Å². The minimum Gasteiger partial charge on any atom is -0.507 e. The fourth-order valence-corrected chi connectivity index (χ4v) is 5.00. The van der Waals surface area contributed by atoms with Crippen molar-refractivity contribution in [2.75, 3.05) is 0 Å². The van der Waals surface area contributed by atoms with Gasteiger partial charge in [0.25, 0.3) is 0 Å². The molecule has 0 unspecified atom stereocenters. The Balaban J connectivity index is 1.40. The summed E-state index contributed by atoms with van der Waals surface area (Å²) < 4.78 is 17.1. The standard InChI is InChI=1S/C23H25FN6O/c1-22-6-3-7-23(2,29-22)21(24)15(12-22)10-20-26-13-18(27-28-20)17-5-4-16(11-19(17)31)30-9-8-25-14-30/h4-5,8-11,13-14,21,29,31H,3,6-7,12H2,1-2H3/b15-10+/t21-,22-,23+/m1/s1. The Morgan fingerprint density at radius 3 is 2.84 bits per heavy atom. The first-order valence-electron chi connectivity index (χ1n) is 10.5. The van der Waals surface area contributed by atoms with E-state index in [1.54, 1.807) is 47.7 Å². The van der Waals surface area contributed by atoms with Crippen LogP contribution >= 0.6 is 0 Å². The lowest BCUT2D eigenvalue weighted by Gasteiger charge is -2.53. The molecule has 3 aromatic rings. The maximum atomic E-state index is 15.3. The van der Waals surface area contributed by atoms with E-state index in [0.29, 0.717) is 29.1 Å². The molecular weight excluding hydrogens is 395 g/mol. The zero-order valence-electron chi connectivity index (χ0n) is 17.6. The third-order valence-electron chi connectivity index (χ3n) is 6.44. The van der Waals surface area contributed by atoms with E-state index in [4.69, 9.17) is 0 Å². The normalized spacial score (nSPS) is 29.3. The van der Waals surface area contributed by atoms with E-state index in [1.807, 2.05) is 13.0 Å². The number of hydrogen-bond donors (Lipinski definition) is 2. The molecule has 2 aliphatic heterocycles. The summed E-state index contributed by atoms with van der Waals surface area (Å²) in [5.74, 6) is 0.451. The first-order chi connectivity index (χ1) is 14.9. The van der Waals surface area contributed by atoms with Gasteiger partial charge in [-0.25, -0.2) is 14.4 Å². The van der Waals surface area contributed by atoms with Crippen LogP contribution in [0.25, 0.3) is 23.0 Å². The number of rotatable bonds is 3. The highest BCUT2D eigenvalue weighted by molar-refractivity contribution is 5.68. The van der Waals surface area contributed by atoms with Gasteiger partial charge >= 0.3 is 0 Å². The second-order valence-corrected chi connectivity index (χ2v) is 9.09. The molecule has 4 heterocycles. The van der Waals surface area contributed by atoms with Crippen molar-refractivity contribution in [3.63, 3.8) is 0 Å². The second-order valence-electron chi connectivity index (χ2n) is 9.09. The van der Waals surface area contributed by atoms with Gasteiger partial charge in [-0.1, -0.05) is 0 Å². The molecule has 3 atom stereocenters. The van der Waals surface area contributed by atoms with Crippen LogP contribution in [0, 0.1) is 0 Å². The predicted molar refractivity (Wildman–Crippen MR) is 115 cm³/mol. The predicted octanol–water partition coefficient (Wildman–Crippen LogP) is 3.85. The van der Waals surface area contributed by atoms with E-state index in [-0.39, 0.29) is 11.3 Å². The van der Waals surface area contributed by atoms with E-state index in [0.717, 1.165) is 24.9 Å². The van der Waals surface area contributed by atoms with Crippen LogP contribution in [0.4, 0.5) is 4.39 Å². The Hall–Kier alpha value is -3.13. The number of hydrogen-bond acceptors (Lipinski definition) is 6. The minimum absolute atomic E-state index is 0.0734. The van der Waals surface area contributed by atoms with Crippen LogP contribution in [0.15, 0.2) is 48.7 Å². The van der Waals surface area contributed by atoms with Crippen molar-refractivity contribution in [1.82, 2.24) is 30.0 Å². The SMILES string of the molecule is C[C@]12CCC[C@](C)(N1)[C@H](F)/C(=C/c1ncc(-c3ccc(-n4ccnc4)cc3O)nn1)C2. The van der Waals surface area contributed by atoms with Crippen LogP contribution in [-0.4, -0.2) is 47.1 Å². The number of imidazole rings is 1. The third-order valence-corrected chi connectivity index (χ3v) is 6.44. The van der Waals surface area contributed by atoms with Crippen LogP contribution in [-0.2, 0) is 0 Å². The summed E-state index contributed by atoms with van der Waals surface area (Å²) in [5, 5.41) is 22.4. The summed E-state index contributed by atoms with van der Waals surface area (Å²) in [5.41, 5.74) is 1.83. The van der Waals surface area contributed by atoms with E-state index in [1.165, 1.54) is 0 Å². The molecule has 160 valence electrons. The maximum absolute atomic E-state index is 15.3. The Morgan fingerprint density at radius 2 is 2.13 bits per heavy atom. The number of phenolic OH excluding ortho intramolecular Hbond substituents is 1. The van der Waals surface area contributed by atoms with Gasteiger partial charge < -0.3 is 15.0 Å². The summed E-state index contributed by atoms with van der Waals surface area (Å²) in [4.78, 5) is 8.38. The average molecular weight is 420 g/mol. The zero-order valence-corrected chi connectivity index (χ0v) is 17.6. The number of alkyl halides is 1. The van der Waals surface area contributed by atoms with Gasteiger partial charge in [-0.3, -0.25) is 0 Å². The Labute approximate surface area is 180 Å². The van der Waals surface area contributed by atoms with Gasteiger partial charge in [0.1, 0.15) is 17.6 Å². The minimum atomic E-state index is -1.08. The maximum Gasteiger partial charge on any atom is 0.174 e. The second kappa shape index (κ2) is 7.23. The summed E-state index contributed by atoms with van der Waals surface area (Å²) in [6, 6.07) is 5.26. The molecule has 0 spiro atoms. The highest BCUT2D eigenvalue weighted by atomic mass is 19.1. The van der Waals surface area contributed by atoms with Crippen molar-refractivity contribution in [2.45, 2.75) is 56.8 Å². The van der Waals surface area contributed by atoms with Crippen LogP contribution in [0.2, 0.25) is 0 Å². The van der Waals surface area contributed by atoms with Gasteiger partial charge in [0.15, 0.2) is 5.82 Å². The molecule has 5 rings (SSSR count). The molecule has 2 bridgehead atoms. The number of nitrogens with one attached hydrogen (secondary N) is 1. The number of piperidine rings is 2.